The molecule has 108 valence electrons. The van der Waals surface area contributed by atoms with Crippen molar-refractivity contribution >= 4 is 5.78 Å². The molecule has 0 N–H and O–H groups in total. The molecule has 2 nitrogen and oxygen atoms in total. The van der Waals surface area contributed by atoms with Crippen LogP contribution in [0.3, 0.4) is 0 Å². The van der Waals surface area contributed by atoms with Crippen molar-refractivity contribution in [3.8, 4) is 11.8 Å². The van der Waals surface area contributed by atoms with E-state index in [1.165, 1.54) is 25.7 Å². The minimum atomic E-state index is -0.364. The fraction of sp³-hybridized carbons (Fsp3) is 0.824. The Hall–Kier alpha value is -0.810. The average molecular weight is 263 g/mol. The molecular formula is C17H29NO. The second kappa shape index (κ2) is 6.57. The maximum absolute atomic E-state index is 12.4. The molecule has 1 aliphatic rings. The molecule has 1 fully saturated rings. The Morgan fingerprint density at radius 3 is 2.00 bits per heavy atom. The van der Waals surface area contributed by atoms with Crippen molar-refractivity contribution in [3.63, 3.8) is 0 Å². The Morgan fingerprint density at radius 2 is 1.53 bits per heavy atom. The van der Waals surface area contributed by atoms with Crippen molar-refractivity contribution < 1.29 is 4.79 Å². The third-order valence-corrected chi connectivity index (χ3v) is 3.79. The number of nitrogens with zero attached hydrogens (tertiary/aromatic N) is 1. The van der Waals surface area contributed by atoms with Crippen LogP contribution in [-0.4, -0.2) is 29.3 Å². The van der Waals surface area contributed by atoms with E-state index in [0.29, 0.717) is 6.42 Å². The smallest absolute Gasteiger partial charge is 0.164 e. The highest BCUT2D eigenvalue weighted by atomic mass is 16.1. The molecule has 19 heavy (non-hydrogen) atoms. The molecule has 0 amide bonds. The Labute approximate surface area is 118 Å². The predicted octanol–water partition coefficient (Wildman–Crippen LogP) is 3.65. The summed E-state index contributed by atoms with van der Waals surface area (Å²) in [6, 6.07) is 0. The molecule has 0 spiro atoms. The van der Waals surface area contributed by atoms with Gasteiger partial charge in [-0.1, -0.05) is 24.7 Å². The topological polar surface area (TPSA) is 20.3 Å². The molecule has 1 heterocycles. The van der Waals surface area contributed by atoms with Crippen LogP contribution in [0.4, 0.5) is 0 Å². The number of ketones is 1. The van der Waals surface area contributed by atoms with E-state index < -0.39 is 0 Å². The molecule has 0 aliphatic carbocycles. The van der Waals surface area contributed by atoms with Gasteiger partial charge in [-0.2, -0.15) is 0 Å². The highest BCUT2D eigenvalue weighted by Crippen LogP contribution is 2.22. The first-order valence-corrected chi connectivity index (χ1v) is 7.52. The zero-order chi connectivity index (χ0) is 14.5. The lowest BCUT2D eigenvalue weighted by Crippen LogP contribution is -2.50. The summed E-state index contributed by atoms with van der Waals surface area (Å²) in [4.78, 5) is 14.8. The standard InChI is InChI=1S/C17H29NO/c1-16(2,3)12-10-11-15(19)17(4,5)18-13-8-6-7-9-14-18/h6-9,11,13-14H2,1-5H3. The summed E-state index contributed by atoms with van der Waals surface area (Å²) in [7, 11) is 0. The Balaban J connectivity index is 2.64. The van der Waals surface area contributed by atoms with Gasteiger partial charge in [0.15, 0.2) is 5.78 Å². The van der Waals surface area contributed by atoms with Crippen molar-refractivity contribution in [2.24, 2.45) is 5.41 Å². The van der Waals surface area contributed by atoms with Crippen LogP contribution in [0.25, 0.3) is 0 Å². The molecule has 0 aromatic heterocycles. The van der Waals surface area contributed by atoms with Crippen LogP contribution >= 0.6 is 0 Å². The summed E-state index contributed by atoms with van der Waals surface area (Å²) in [5, 5.41) is 0. The van der Waals surface area contributed by atoms with Crippen LogP contribution in [0, 0.1) is 17.3 Å². The van der Waals surface area contributed by atoms with Gasteiger partial charge in [0.1, 0.15) is 0 Å². The van der Waals surface area contributed by atoms with E-state index >= 15 is 0 Å². The van der Waals surface area contributed by atoms with Gasteiger partial charge in [-0.05, 0) is 60.5 Å². The fourth-order valence-electron chi connectivity index (χ4n) is 2.41. The number of Topliss-reactive ketones (excluding diaryl/α,β-unsaturated/α-hetero) is 1. The first kappa shape index (κ1) is 16.2. The number of rotatable bonds is 3. The van der Waals surface area contributed by atoms with Crippen molar-refractivity contribution in [1.29, 1.82) is 0 Å². The Kier molecular flexibility index (Phi) is 5.62. The van der Waals surface area contributed by atoms with Gasteiger partial charge in [0.2, 0.25) is 0 Å². The van der Waals surface area contributed by atoms with Crippen molar-refractivity contribution in [3.05, 3.63) is 0 Å². The quantitative estimate of drug-likeness (QED) is 0.724. The fourth-order valence-corrected chi connectivity index (χ4v) is 2.41. The average Bonchev–Trinajstić information content (AvgIpc) is 2.55. The summed E-state index contributed by atoms with van der Waals surface area (Å²) < 4.78 is 0. The minimum Gasteiger partial charge on any atom is -0.297 e. The van der Waals surface area contributed by atoms with Gasteiger partial charge in [0, 0.05) is 5.41 Å². The molecule has 1 rings (SSSR count). The van der Waals surface area contributed by atoms with Crippen LogP contribution in [0.15, 0.2) is 0 Å². The molecule has 0 bridgehead atoms. The van der Waals surface area contributed by atoms with Crippen LogP contribution in [0.2, 0.25) is 0 Å². The van der Waals surface area contributed by atoms with Gasteiger partial charge >= 0.3 is 0 Å². The monoisotopic (exact) mass is 263 g/mol. The van der Waals surface area contributed by atoms with Crippen molar-refractivity contribution in [1.82, 2.24) is 4.90 Å². The highest BCUT2D eigenvalue weighted by Gasteiger charge is 2.33. The van der Waals surface area contributed by atoms with Crippen LogP contribution < -0.4 is 0 Å². The van der Waals surface area contributed by atoms with E-state index in [4.69, 9.17) is 0 Å². The SMILES string of the molecule is CC(C)(C)C#CCC(=O)C(C)(C)N1CCCCCC1. The molecular weight excluding hydrogens is 234 g/mol. The first-order chi connectivity index (χ1) is 8.73. The van der Waals surface area contributed by atoms with Crippen molar-refractivity contribution in [2.75, 3.05) is 13.1 Å². The molecule has 0 unspecified atom stereocenters. The molecule has 0 atom stereocenters. The summed E-state index contributed by atoms with van der Waals surface area (Å²) in [6.45, 7) is 12.4. The molecule has 0 saturated carbocycles. The number of carbonyl (C=O) groups is 1. The third kappa shape index (κ3) is 5.37. The Morgan fingerprint density at radius 1 is 1.00 bits per heavy atom. The van der Waals surface area contributed by atoms with Gasteiger partial charge in [-0.15, -0.1) is 0 Å². The molecule has 0 aromatic rings. The van der Waals surface area contributed by atoms with E-state index in [9.17, 15) is 4.79 Å². The zero-order valence-corrected chi connectivity index (χ0v) is 13.3. The molecule has 1 saturated heterocycles. The van der Waals surface area contributed by atoms with Gasteiger partial charge < -0.3 is 0 Å². The minimum absolute atomic E-state index is 0.0208. The maximum Gasteiger partial charge on any atom is 0.164 e. The van der Waals surface area contributed by atoms with E-state index in [1.807, 2.05) is 0 Å². The first-order valence-electron chi connectivity index (χ1n) is 7.52. The molecule has 0 aromatic carbocycles. The predicted molar refractivity (Wildman–Crippen MR) is 81.0 cm³/mol. The van der Waals surface area contributed by atoms with Crippen molar-refractivity contribution in [2.45, 2.75) is 72.3 Å². The van der Waals surface area contributed by atoms with Crippen LogP contribution in [0.1, 0.15) is 66.7 Å². The molecule has 1 aliphatic heterocycles. The van der Waals surface area contributed by atoms with Crippen LogP contribution in [-0.2, 0) is 4.79 Å². The Bertz CT molecular complexity index is 357. The lowest BCUT2D eigenvalue weighted by atomic mass is 9.92. The number of likely N-dealkylation sites (tertiary alicyclic amines) is 1. The lowest BCUT2D eigenvalue weighted by molar-refractivity contribution is -0.128. The summed E-state index contributed by atoms with van der Waals surface area (Å²) in [5.74, 6) is 6.47. The molecule has 0 radical (unpaired) electrons. The summed E-state index contributed by atoms with van der Waals surface area (Å²) in [5.41, 5.74) is -0.385. The van der Waals surface area contributed by atoms with E-state index in [1.54, 1.807) is 0 Å². The largest absolute Gasteiger partial charge is 0.297 e. The second-order valence-corrected chi connectivity index (χ2v) is 7.11. The second-order valence-electron chi connectivity index (χ2n) is 7.11. The lowest BCUT2D eigenvalue weighted by Gasteiger charge is -2.36. The van der Waals surface area contributed by atoms with Gasteiger partial charge in [0.25, 0.3) is 0 Å². The van der Waals surface area contributed by atoms with E-state index in [2.05, 4.69) is 51.4 Å². The molecule has 2 heteroatoms. The van der Waals surface area contributed by atoms with Gasteiger partial charge in [-0.25, -0.2) is 0 Å². The number of hydrogen-bond donors (Lipinski definition) is 0. The van der Waals surface area contributed by atoms with E-state index in [-0.39, 0.29) is 16.7 Å². The maximum atomic E-state index is 12.4. The van der Waals surface area contributed by atoms with Gasteiger partial charge in [0.05, 0.1) is 12.0 Å². The highest BCUT2D eigenvalue weighted by molar-refractivity contribution is 5.89. The third-order valence-electron chi connectivity index (χ3n) is 3.79. The number of carbonyl (C=O) groups excluding carboxylic acids is 1. The zero-order valence-electron chi connectivity index (χ0n) is 13.3. The summed E-state index contributed by atoms with van der Waals surface area (Å²) >= 11 is 0. The van der Waals surface area contributed by atoms with Crippen LogP contribution in [0.5, 0.6) is 0 Å². The number of hydrogen-bond acceptors (Lipinski definition) is 2. The summed E-state index contributed by atoms with van der Waals surface area (Å²) in [6.07, 6.45) is 5.39. The normalized spacial score (nSPS) is 18.4. The van der Waals surface area contributed by atoms with Gasteiger partial charge in [-0.3, -0.25) is 9.69 Å². The van der Waals surface area contributed by atoms with E-state index in [0.717, 1.165) is 13.1 Å².